The van der Waals surface area contributed by atoms with Crippen LogP contribution < -0.4 is 0 Å². The minimum absolute atomic E-state index is 0.347. The standard InChI is InChI=1S/C17H29NO3/c19-16(10-18-1-3-20-4-2-18)11-21-17-14-6-12-5-13(8-14)9-15(17)7-12/h12-17,19H,1-11H2/t12?,13?,14?,15?,16-,17?/m0/s1. The third-order valence-electron chi connectivity index (χ3n) is 6.19. The molecule has 0 aromatic heterocycles. The molecule has 0 radical (unpaired) electrons. The molecule has 5 aliphatic rings. The van der Waals surface area contributed by atoms with E-state index in [1.807, 2.05) is 0 Å². The molecule has 1 N–H and O–H groups in total. The average molecular weight is 295 g/mol. The van der Waals surface area contributed by atoms with Crippen LogP contribution in [0, 0.1) is 23.7 Å². The van der Waals surface area contributed by atoms with Crippen LogP contribution in [0.3, 0.4) is 0 Å². The molecule has 1 saturated heterocycles. The van der Waals surface area contributed by atoms with Crippen molar-refractivity contribution in [2.75, 3.05) is 39.5 Å². The lowest BCUT2D eigenvalue weighted by Gasteiger charge is -2.54. The van der Waals surface area contributed by atoms with Crippen LogP contribution in [0.15, 0.2) is 0 Å². The Kier molecular flexibility index (Phi) is 4.23. The molecule has 0 unspecified atom stereocenters. The van der Waals surface area contributed by atoms with Gasteiger partial charge in [0.25, 0.3) is 0 Å². The fourth-order valence-corrected chi connectivity index (χ4v) is 5.50. The second-order valence-corrected chi connectivity index (χ2v) is 7.80. The summed E-state index contributed by atoms with van der Waals surface area (Å²) in [5.41, 5.74) is 0. The Morgan fingerprint density at radius 2 is 1.62 bits per heavy atom. The summed E-state index contributed by atoms with van der Waals surface area (Å²) in [5.74, 6) is 3.56. The first-order valence-corrected chi connectivity index (χ1v) is 8.87. The number of hydrogen-bond donors (Lipinski definition) is 1. The van der Waals surface area contributed by atoms with Crippen LogP contribution in [0.1, 0.15) is 32.1 Å². The van der Waals surface area contributed by atoms with E-state index in [0.29, 0.717) is 12.7 Å². The summed E-state index contributed by atoms with van der Waals surface area (Å²) in [7, 11) is 0. The van der Waals surface area contributed by atoms with Crippen LogP contribution in [-0.2, 0) is 9.47 Å². The van der Waals surface area contributed by atoms with Gasteiger partial charge in [-0.1, -0.05) is 0 Å². The normalized spacial score (nSPS) is 44.1. The fourth-order valence-electron chi connectivity index (χ4n) is 5.50. The van der Waals surface area contributed by atoms with Gasteiger partial charge in [0.1, 0.15) is 0 Å². The first kappa shape index (κ1) is 14.4. The van der Waals surface area contributed by atoms with Crippen molar-refractivity contribution < 1.29 is 14.6 Å². The number of β-amino-alcohol motifs (C(OH)–C–C–N with tert-alkyl or cyclic N) is 1. The number of aliphatic hydroxyl groups excluding tert-OH is 1. The van der Waals surface area contributed by atoms with Crippen LogP contribution in [0.5, 0.6) is 0 Å². The summed E-state index contributed by atoms with van der Waals surface area (Å²) in [4.78, 5) is 2.29. The number of nitrogens with zero attached hydrogens (tertiary/aromatic N) is 1. The molecule has 4 bridgehead atoms. The Hall–Kier alpha value is -0.160. The monoisotopic (exact) mass is 295 g/mol. The predicted molar refractivity (Wildman–Crippen MR) is 80.1 cm³/mol. The smallest absolute Gasteiger partial charge is 0.0900 e. The summed E-state index contributed by atoms with van der Waals surface area (Å²) in [6, 6.07) is 0. The fraction of sp³-hybridized carbons (Fsp3) is 1.00. The number of ether oxygens (including phenoxy) is 2. The van der Waals surface area contributed by atoms with Crippen LogP contribution >= 0.6 is 0 Å². The Balaban J connectivity index is 1.25. The van der Waals surface area contributed by atoms with E-state index in [1.165, 1.54) is 32.1 Å². The van der Waals surface area contributed by atoms with Gasteiger partial charge in [-0.3, -0.25) is 4.90 Å². The second kappa shape index (κ2) is 6.15. The van der Waals surface area contributed by atoms with Crippen molar-refractivity contribution in [1.29, 1.82) is 0 Å². The van der Waals surface area contributed by atoms with Gasteiger partial charge in [0.15, 0.2) is 0 Å². The van der Waals surface area contributed by atoms with Gasteiger partial charge in [0, 0.05) is 19.6 Å². The molecule has 5 fully saturated rings. The van der Waals surface area contributed by atoms with Crippen molar-refractivity contribution in [3.63, 3.8) is 0 Å². The van der Waals surface area contributed by atoms with Crippen molar-refractivity contribution in [1.82, 2.24) is 4.90 Å². The Labute approximate surface area is 127 Å². The number of morpholine rings is 1. The van der Waals surface area contributed by atoms with Gasteiger partial charge in [-0.2, -0.15) is 0 Å². The van der Waals surface area contributed by atoms with E-state index in [2.05, 4.69) is 4.90 Å². The molecule has 5 rings (SSSR count). The first-order valence-electron chi connectivity index (χ1n) is 8.87. The maximum atomic E-state index is 10.2. The molecule has 4 aliphatic carbocycles. The highest BCUT2D eigenvalue weighted by atomic mass is 16.5. The highest BCUT2D eigenvalue weighted by molar-refractivity contribution is 4.99. The molecule has 21 heavy (non-hydrogen) atoms. The van der Waals surface area contributed by atoms with Gasteiger partial charge in [-0.05, 0) is 55.8 Å². The number of hydrogen-bond acceptors (Lipinski definition) is 4. The lowest BCUT2D eigenvalue weighted by atomic mass is 9.55. The highest BCUT2D eigenvalue weighted by Crippen LogP contribution is 2.54. The molecular formula is C17H29NO3. The van der Waals surface area contributed by atoms with Crippen molar-refractivity contribution in [3.05, 3.63) is 0 Å². The average Bonchev–Trinajstić information content (AvgIpc) is 2.47. The molecule has 0 spiro atoms. The van der Waals surface area contributed by atoms with E-state index in [4.69, 9.17) is 9.47 Å². The largest absolute Gasteiger partial charge is 0.389 e. The van der Waals surface area contributed by atoms with Crippen LogP contribution in [0.4, 0.5) is 0 Å². The summed E-state index contributed by atoms with van der Waals surface area (Å²) in [6.45, 7) is 4.72. The zero-order valence-corrected chi connectivity index (χ0v) is 13.0. The van der Waals surface area contributed by atoms with Gasteiger partial charge in [-0.15, -0.1) is 0 Å². The lowest BCUT2D eigenvalue weighted by Crippen LogP contribution is -2.50. The molecule has 120 valence electrons. The molecule has 1 atom stereocenters. The highest BCUT2D eigenvalue weighted by Gasteiger charge is 2.48. The molecule has 4 heteroatoms. The van der Waals surface area contributed by atoms with E-state index >= 15 is 0 Å². The second-order valence-electron chi connectivity index (χ2n) is 7.80. The molecule has 0 aromatic rings. The van der Waals surface area contributed by atoms with Gasteiger partial charge >= 0.3 is 0 Å². The minimum Gasteiger partial charge on any atom is -0.389 e. The van der Waals surface area contributed by atoms with E-state index in [0.717, 1.165) is 56.5 Å². The zero-order chi connectivity index (χ0) is 14.2. The number of aliphatic hydroxyl groups is 1. The van der Waals surface area contributed by atoms with Crippen LogP contribution in [0.2, 0.25) is 0 Å². The van der Waals surface area contributed by atoms with Crippen LogP contribution in [-0.4, -0.2) is 61.7 Å². The Morgan fingerprint density at radius 1 is 1.00 bits per heavy atom. The maximum Gasteiger partial charge on any atom is 0.0900 e. The van der Waals surface area contributed by atoms with Crippen molar-refractivity contribution >= 4 is 0 Å². The third-order valence-corrected chi connectivity index (χ3v) is 6.19. The molecular weight excluding hydrogens is 266 g/mol. The lowest BCUT2D eigenvalue weighted by molar-refractivity contribution is -0.142. The maximum absolute atomic E-state index is 10.2. The van der Waals surface area contributed by atoms with E-state index < -0.39 is 0 Å². The Bertz CT molecular complexity index is 328. The molecule has 1 aliphatic heterocycles. The first-order chi connectivity index (χ1) is 10.3. The van der Waals surface area contributed by atoms with E-state index in [1.54, 1.807) is 0 Å². The minimum atomic E-state index is -0.347. The summed E-state index contributed by atoms with van der Waals surface area (Å²) >= 11 is 0. The van der Waals surface area contributed by atoms with Gasteiger partial charge in [0.2, 0.25) is 0 Å². The predicted octanol–water partition coefficient (Wildman–Crippen LogP) is 1.52. The summed E-state index contributed by atoms with van der Waals surface area (Å²) in [6.07, 6.45) is 7.12. The molecule has 4 saturated carbocycles. The van der Waals surface area contributed by atoms with Crippen molar-refractivity contribution in [2.24, 2.45) is 23.7 Å². The summed E-state index contributed by atoms with van der Waals surface area (Å²) in [5, 5.41) is 10.2. The molecule has 4 nitrogen and oxygen atoms in total. The SMILES string of the molecule is O[C@H](COC1C2CC3CC(C2)CC1C3)CN1CCOCC1. The third kappa shape index (κ3) is 3.14. The van der Waals surface area contributed by atoms with Gasteiger partial charge in [0.05, 0.1) is 32.0 Å². The van der Waals surface area contributed by atoms with Crippen molar-refractivity contribution in [3.8, 4) is 0 Å². The quantitative estimate of drug-likeness (QED) is 0.835. The van der Waals surface area contributed by atoms with E-state index in [9.17, 15) is 5.11 Å². The van der Waals surface area contributed by atoms with Crippen molar-refractivity contribution in [2.45, 2.75) is 44.3 Å². The molecule has 1 heterocycles. The topological polar surface area (TPSA) is 41.9 Å². The van der Waals surface area contributed by atoms with Gasteiger partial charge < -0.3 is 14.6 Å². The van der Waals surface area contributed by atoms with Gasteiger partial charge in [-0.25, -0.2) is 0 Å². The van der Waals surface area contributed by atoms with Crippen LogP contribution in [0.25, 0.3) is 0 Å². The molecule has 0 aromatic carbocycles. The Morgan fingerprint density at radius 3 is 2.24 bits per heavy atom. The molecule has 0 amide bonds. The number of rotatable bonds is 5. The van der Waals surface area contributed by atoms with E-state index in [-0.39, 0.29) is 6.10 Å². The summed E-state index contributed by atoms with van der Waals surface area (Å²) < 4.78 is 11.6. The zero-order valence-electron chi connectivity index (χ0n) is 13.0.